The van der Waals surface area contributed by atoms with Gasteiger partial charge in [-0.1, -0.05) is 29.3 Å². The number of nitrogens with one attached hydrogen (secondary N) is 1. The van der Waals surface area contributed by atoms with Gasteiger partial charge in [0.05, 0.1) is 28.1 Å². The number of carbonyl (C=O) groups excluding carboxylic acids is 1. The Morgan fingerprint density at radius 3 is 2.63 bits per heavy atom. The minimum absolute atomic E-state index is 0.0375. The topological polar surface area (TPSA) is 77.9 Å². The van der Waals surface area contributed by atoms with Crippen LogP contribution in [-0.2, 0) is 4.79 Å². The number of aliphatic hydroxyl groups excluding tert-OH is 1. The number of likely N-dealkylation sites (tertiary alicyclic amines) is 1. The number of aromatic nitrogens is 1. The molecule has 2 N–H and O–H groups in total. The number of anilines is 1. The predicted molar refractivity (Wildman–Crippen MR) is 137 cm³/mol. The van der Waals surface area contributed by atoms with E-state index in [0.29, 0.717) is 34.4 Å². The van der Waals surface area contributed by atoms with E-state index in [2.05, 4.69) is 20.1 Å². The molecule has 3 heterocycles. The minimum atomic E-state index is -0.873. The van der Waals surface area contributed by atoms with Crippen molar-refractivity contribution in [2.75, 3.05) is 37.6 Å². The van der Waals surface area contributed by atoms with Crippen LogP contribution in [0.15, 0.2) is 36.5 Å². The first-order valence-electron chi connectivity index (χ1n) is 12.5. The van der Waals surface area contributed by atoms with Gasteiger partial charge in [0.25, 0.3) is 0 Å². The summed E-state index contributed by atoms with van der Waals surface area (Å²) in [7, 11) is 0. The van der Waals surface area contributed by atoms with E-state index in [-0.39, 0.29) is 17.9 Å². The van der Waals surface area contributed by atoms with Gasteiger partial charge in [-0.15, -0.1) is 0 Å². The maximum atomic E-state index is 13.3. The van der Waals surface area contributed by atoms with E-state index >= 15 is 0 Å². The van der Waals surface area contributed by atoms with Gasteiger partial charge in [0.1, 0.15) is 17.7 Å². The van der Waals surface area contributed by atoms with Gasteiger partial charge in [-0.25, -0.2) is 4.98 Å². The molecular formula is C26H32Cl2N4O3. The normalized spacial score (nSPS) is 22.3. The average Bonchev–Trinajstić information content (AvgIpc) is 3.30. The smallest absolute Gasteiger partial charge is 0.225 e. The van der Waals surface area contributed by atoms with Crippen molar-refractivity contribution < 1.29 is 14.6 Å². The molecule has 1 aromatic heterocycles. The highest BCUT2D eigenvalue weighted by molar-refractivity contribution is 6.32. The molecule has 0 bridgehead atoms. The van der Waals surface area contributed by atoms with Gasteiger partial charge in [-0.05, 0) is 75.0 Å². The molecule has 1 amide bonds. The number of hydrogen-bond donors (Lipinski definition) is 2. The molecule has 3 aliphatic rings. The number of aliphatic hydroxyl groups is 1. The second-order valence-corrected chi connectivity index (χ2v) is 10.7. The van der Waals surface area contributed by atoms with E-state index in [1.807, 2.05) is 24.3 Å². The zero-order valence-corrected chi connectivity index (χ0v) is 21.2. The Morgan fingerprint density at radius 2 is 1.94 bits per heavy atom. The Kier molecular flexibility index (Phi) is 7.68. The highest BCUT2D eigenvalue weighted by Gasteiger charge is 2.33. The molecule has 3 atom stereocenters. The molecule has 0 unspecified atom stereocenters. The van der Waals surface area contributed by atoms with E-state index in [1.165, 1.54) is 0 Å². The summed E-state index contributed by atoms with van der Waals surface area (Å²) >= 11 is 12.4. The van der Waals surface area contributed by atoms with Crippen molar-refractivity contribution >= 4 is 34.9 Å². The summed E-state index contributed by atoms with van der Waals surface area (Å²) in [5, 5.41) is 15.6. The maximum Gasteiger partial charge on any atom is 0.225 e. The molecule has 0 radical (unpaired) electrons. The molecular weight excluding hydrogens is 487 g/mol. The first-order chi connectivity index (χ1) is 17.0. The molecule has 5 rings (SSSR count). The molecule has 9 heteroatoms. The summed E-state index contributed by atoms with van der Waals surface area (Å²) in [6.45, 7) is 3.90. The van der Waals surface area contributed by atoms with Gasteiger partial charge in [0.2, 0.25) is 5.91 Å². The third kappa shape index (κ3) is 6.20. The van der Waals surface area contributed by atoms with E-state index in [1.54, 1.807) is 12.3 Å². The lowest BCUT2D eigenvalue weighted by atomic mass is 10.00. The van der Waals surface area contributed by atoms with Gasteiger partial charge in [-0.2, -0.15) is 0 Å². The first kappa shape index (κ1) is 24.6. The fourth-order valence-corrected chi connectivity index (χ4v) is 5.25. The zero-order valence-electron chi connectivity index (χ0n) is 19.7. The molecule has 1 aromatic carbocycles. The van der Waals surface area contributed by atoms with Crippen LogP contribution < -0.4 is 15.0 Å². The Labute approximate surface area is 216 Å². The second-order valence-electron chi connectivity index (χ2n) is 9.84. The first-order valence-corrected chi connectivity index (χ1v) is 13.3. The van der Waals surface area contributed by atoms with Gasteiger partial charge in [0.15, 0.2) is 0 Å². The maximum absolute atomic E-state index is 13.3. The Bertz CT molecular complexity index is 1030. The standard InChI is InChI=1S/C26H32Cl2N4O3/c27-19-4-8-24(29-14-19)32-12-9-18(15-32)26(34)30-22(16-31-10-1-2-11-31)25(33)17-3-7-23(21(28)13-17)35-20-5-6-20/h3-4,7-8,13-14,18,20,22,25,33H,1-2,5-6,9-12,15-16H2,(H,30,34)/t18-,22+,25+/m0/s1. The zero-order chi connectivity index (χ0) is 24.4. The molecule has 2 saturated heterocycles. The summed E-state index contributed by atoms with van der Waals surface area (Å²) in [5.74, 6) is 1.26. The number of nitrogens with zero attached hydrogens (tertiary/aromatic N) is 3. The minimum Gasteiger partial charge on any atom is -0.489 e. The van der Waals surface area contributed by atoms with Gasteiger partial charge >= 0.3 is 0 Å². The van der Waals surface area contributed by atoms with E-state index in [9.17, 15) is 9.90 Å². The highest BCUT2D eigenvalue weighted by atomic mass is 35.5. The lowest BCUT2D eigenvalue weighted by Crippen LogP contribution is -2.48. The van der Waals surface area contributed by atoms with Crippen molar-refractivity contribution in [3.8, 4) is 5.75 Å². The Balaban J connectivity index is 1.26. The summed E-state index contributed by atoms with van der Waals surface area (Å²) < 4.78 is 5.84. The van der Waals surface area contributed by atoms with Crippen LogP contribution in [0.4, 0.5) is 5.82 Å². The van der Waals surface area contributed by atoms with Gasteiger partial charge < -0.3 is 25.0 Å². The van der Waals surface area contributed by atoms with Crippen LogP contribution in [0, 0.1) is 5.92 Å². The molecule has 2 aliphatic heterocycles. The monoisotopic (exact) mass is 518 g/mol. The molecule has 35 heavy (non-hydrogen) atoms. The quantitative estimate of drug-likeness (QED) is 0.520. The summed E-state index contributed by atoms with van der Waals surface area (Å²) in [5.41, 5.74) is 0.682. The van der Waals surface area contributed by atoms with Crippen molar-refractivity contribution in [2.24, 2.45) is 5.92 Å². The van der Waals surface area contributed by atoms with Crippen molar-refractivity contribution in [1.29, 1.82) is 0 Å². The van der Waals surface area contributed by atoms with Crippen LogP contribution in [0.5, 0.6) is 5.75 Å². The molecule has 3 fully saturated rings. The number of amides is 1. The number of halogens is 2. The number of rotatable bonds is 9. The SMILES string of the molecule is O=C(N[C@H](CN1CCCC1)[C@H](O)c1ccc(OC2CC2)c(Cl)c1)[C@H]1CCN(c2ccc(Cl)cn2)C1. The number of pyridine rings is 1. The average molecular weight is 519 g/mol. The van der Waals surface area contributed by atoms with Gasteiger partial charge in [-0.3, -0.25) is 4.79 Å². The van der Waals surface area contributed by atoms with Crippen LogP contribution in [0.1, 0.15) is 43.8 Å². The molecule has 7 nitrogen and oxygen atoms in total. The molecule has 1 saturated carbocycles. The lowest BCUT2D eigenvalue weighted by Gasteiger charge is -2.30. The number of ether oxygens (including phenoxy) is 1. The van der Waals surface area contributed by atoms with E-state index in [0.717, 1.165) is 57.6 Å². The molecule has 1 aliphatic carbocycles. The summed E-state index contributed by atoms with van der Waals surface area (Å²) in [6, 6.07) is 8.68. The predicted octanol–water partition coefficient (Wildman–Crippen LogP) is 4.07. The third-order valence-corrected chi connectivity index (χ3v) is 7.59. The van der Waals surface area contributed by atoms with Crippen molar-refractivity contribution in [1.82, 2.24) is 15.2 Å². The van der Waals surface area contributed by atoms with Crippen LogP contribution in [0.2, 0.25) is 10.0 Å². The van der Waals surface area contributed by atoms with Crippen molar-refractivity contribution in [3.63, 3.8) is 0 Å². The van der Waals surface area contributed by atoms with Gasteiger partial charge in [0, 0.05) is 25.8 Å². The third-order valence-electron chi connectivity index (χ3n) is 7.07. The number of benzene rings is 1. The second kappa shape index (κ2) is 10.9. The fourth-order valence-electron chi connectivity index (χ4n) is 4.90. The highest BCUT2D eigenvalue weighted by Crippen LogP contribution is 2.34. The Hall–Kier alpha value is -2.06. The van der Waals surface area contributed by atoms with E-state index < -0.39 is 12.1 Å². The summed E-state index contributed by atoms with van der Waals surface area (Å²) in [6.07, 6.45) is 6.12. The number of carbonyl (C=O) groups is 1. The fraction of sp³-hybridized carbons (Fsp3) is 0.538. The van der Waals surface area contributed by atoms with Crippen molar-refractivity contribution in [2.45, 2.75) is 50.4 Å². The largest absolute Gasteiger partial charge is 0.489 e. The van der Waals surface area contributed by atoms with Crippen LogP contribution in [-0.4, -0.2) is 65.8 Å². The van der Waals surface area contributed by atoms with Crippen LogP contribution in [0.25, 0.3) is 0 Å². The van der Waals surface area contributed by atoms with Crippen LogP contribution in [0.3, 0.4) is 0 Å². The molecule has 0 spiro atoms. The van der Waals surface area contributed by atoms with E-state index in [4.69, 9.17) is 27.9 Å². The van der Waals surface area contributed by atoms with Crippen LogP contribution >= 0.6 is 23.2 Å². The van der Waals surface area contributed by atoms with Crippen molar-refractivity contribution in [3.05, 3.63) is 52.1 Å². The molecule has 188 valence electrons. The Morgan fingerprint density at radius 1 is 1.14 bits per heavy atom. The number of hydrogen-bond acceptors (Lipinski definition) is 6. The molecule has 2 aromatic rings. The summed E-state index contributed by atoms with van der Waals surface area (Å²) in [4.78, 5) is 22.1. The lowest BCUT2D eigenvalue weighted by molar-refractivity contribution is -0.126.